The summed E-state index contributed by atoms with van der Waals surface area (Å²) in [4.78, 5) is 0. The summed E-state index contributed by atoms with van der Waals surface area (Å²) < 4.78 is 24.0. The number of rotatable bonds is 8. The van der Waals surface area contributed by atoms with Gasteiger partial charge in [0.15, 0.2) is 0 Å². The molecule has 0 fully saturated rings. The molecule has 0 aromatic heterocycles. The Morgan fingerprint density at radius 3 is 1.27 bits per heavy atom. The van der Waals surface area contributed by atoms with E-state index in [1.165, 1.54) is 0 Å². The quantitative estimate of drug-likeness (QED) is 0.494. The third-order valence-electron chi connectivity index (χ3n) is 4.18. The summed E-state index contributed by atoms with van der Waals surface area (Å²) in [7, 11) is 0. The van der Waals surface area contributed by atoms with Crippen molar-refractivity contribution in [2.75, 3.05) is 26.4 Å². The van der Waals surface area contributed by atoms with Gasteiger partial charge in [0.1, 0.15) is 23.0 Å². The summed E-state index contributed by atoms with van der Waals surface area (Å²) in [6.45, 7) is 10.2. The maximum absolute atomic E-state index is 6.09. The van der Waals surface area contributed by atoms with E-state index in [4.69, 9.17) is 18.9 Å². The molecule has 0 bridgehead atoms. The Bertz CT molecular complexity index is 828. The third kappa shape index (κ3) is 3.12. The lowest BCUT2D eigenvalue weighted by Gasteiger charge is -2.21. The van der Waals surface area contributed by atoms with Crippen LogP contribution in [0.15, 0.2) is 36.4 Å². The molecule has 0 aliphatic heterocycles. The molecule has 3 aromatic carbocycles. The van der Waals surface area contributed by atoms with Crippen molar-refractivity contribution in [2.45, 2.75) is 27.7 Å². The fourth-order valence-corrected chi connectivity index (χ4v) is 3.30. The van der Waals surface area contributed by atoms with E-state index < -0.39 is 0 Å². The lowest BCUT2D eigenvalue weighted by Crippen LogP contribution is -2.03. The highest BCUT2D eigenvalue weighted by molar-refractivity contribution is 6.15. The zero-order valence-electron chi connectivity index (χ0n) is 15.9. The number of hydrogen-bond donors (Lipinski definition) is 0. The van der Waals surface area contributed by atoms with Gasteiger partial charge in [-0.05, 0) is 39.8 Å². The van der Waals surface area contributed by atoms with Crippen LogP contribution in [0.1, 0.15) is 27.7 Å². The van der Waals surface area contributed by atoms with E-state index in [0.717, 1.165) is 44.5 Å². The summed E-state index contributed by atoms with van der Waals surface area (Å²) in [5.41, 5.74) is 0. The molecule has 0 N–H and O–H groups in total. The molecule has 0 aliphatic rings. The van der Waals surface area contributed by atoms with E-state index in [1.807, 2.05) is 52.0 Å². The smallest absolute Gasteiger partial charge is 0.139 e. The fourth-order valence-electron chi connectivity index (χ4n) is 3.30. The van der Waals surface area contributed by atoms with Crippen LogP contribution in [0.2, 0.25) is 0 Å². The van der Waals surface area contributed by atoms with Gasteiger partial charge in [-0.25, -0.2) is 0 Å². The van der Waals surface area contributed by atoms with Gasteiger partial charge < -0.3 is 18.9 Å². The predicted octanol–water partition coefficient (Wildman–Crippen LogP) is 5.59. The van der Waals surface area contributed by atoms with Crippen molar-refractivity contribution in [3.63, 3.8) is 0 Å². The Balaban J connectivity index is 2.53. The fraction of sp³-hybridized carbons (Fsp3) is 0.364. The zero-order valence-corrected chi connectivity index (χ0v) is 15.9. The molecule has 0 amide bonds. The molecule has 0 saturated carbocycles. The first-order chi connectivity index (χ1) is 12.8. The minimum Gasteiger partial charge on any atom is -0.493 e. The molecule has 3 aromatic rings. The topological polar surface area (TPSA) is 36.9 Å². The Morgan fingerprint density at radius 2 is 0.923 bits per heavy atom. The Labute approximate surface area is 154 Å². The average molecular weight is 354 g/mol. The maximum atomic E-state index is 6.09. The van der Waals surface area contributed by atoms with Crippen molar-refractivity contribution in [1.29, 1.82) is 0 Å². The van der Waals surface area contributed by atoms with Crippen molar-refractivity contribution in [3.8, 4) is 23.0 Å². The first-order valence-electron chi connectivity index (χ1n) is 9.29. The minimum atomic E-state index is 0.567. The minimum absolute atomic E-state index is 0.567. The number of hydrogen-bond acceptors (Lipinski definition) is 4. The second kappa shape index (κ2) is 8.17. The second-order valence-electron chi connectivity index (χ2n) is 5.75. The van der Waals surface area contributed by atoms with Crippen molar-refractivity contribution >= 4 is 21.5 Å². The molecule has 138 valence electrons. The summed E-state index contributed by atoms with van der Waals surface area (Å²) in [5, 5.41) is 3.84. The Kier molecular flexibility index (Phi) is 5.71. The van der Waals surface area contributed by atoms with Gasteiger partial charge in [-0.1, -0.05) is 24.3 Å². The molecule has 0 atom stereocenters. The van der Waals surface area contributed by atoms with Gasteiger partial charge in [0, 0.05) is 10.8 Å². The summed E-state index contributed by atoms with van der Waals surface area (Å²) in [6, 6.07) is 12.0. The standard InChI is InChI=1S/C22H26O4/c1-5-23-17-13-14-18(24-6-2)20-19(17)21(25-7-3)15-11-9-10-12-16(15)22(20)26-8-4/h9-14H,5-8H2,1-4H3. The van der Waals surface area contributed by atoms with Crippen LogP contribution in [0, 0.1) is 0 Å². The predicted molar refractivity (Wildman–Crippen MR) is 106 cm³/mol. The highest BCUT2D eigenvalue weighted by Crippen LogP contribution is 2.50. The molecule has 0 radical (unpaired) electrons. The molecular weight excluding hydrogens is 328 g/mol. The number of benzene rings is 3. The highest BCUT2D eigenvalue weighted by atomic mass is 16.5. The first kappa shape index (κ1) is 18.2. The normalized spacial score (nSPS) is 10.9. The molecule has 0 heterocycles. The molecule has 0 spiro atoms. The van der Waals surface area contributed by atoms with Gasteiger partial charge in [0.05, 0.1) is 37.2 Å². The molecule has 4 nitrogen and oxygen atoms in total. The van der Waals surface area contributed by atoms with Gasteiger partial charge in [0.25, 0.3) is 0 Å². The third-order valence-corrected chi connectivity index (χ3v) is 4.18. The largest absolute Gasteiger partial charge is 0.493 e. The summed E-state index contributed by atoms with van der Waals surface area (Å²) in [6.07, 6.45) is 0. The van der Waals surface area contributed by atoms with Crippen LogP contribution < -0.4 is 18.9 Å². The molecule has 26 heavy (non-hydrogen) atoms. The van der Waals surface area contributed by atoms with Crippen LogP contribution >= 0.6 is 0 Å². The van der Waals surface area contributed by atoms with Gasteiger partial charge in [0.2, 0.25) is 0 Å². The average Bonchev–Trinajstić information content (AvgIpc) is 2.66. The van der Waals surface area contributed by atoms with Gasteiger partial charge >= 0.3 is 0 Å². The molecule has 3 rings (SSSR count). The van der Waals surface area contributed by atoms with Crippen LogP contribution in [-0.2, 0) is 0 Å². The van der Waals surface area contributed by atoms with Crippen LogP contribution in [0.4, 0.5) is 0 Å². The lowest BCUT2D eigenvalue weighted by molar-refractivity contribution is 0.324. The van der Waals surface area contributed by atoms with Crippen LogP contribution in [0.25, 0.3) is 21.5 Å². The molecular formula is C22H26O4. The number of ether oxygens (including phenoxy) is 4. The monoisotopic (exact) mass is 354 g/mol. The Hall–Kier alpha value is -2.62. The highest BCUT2D eigenvalue weighted by Gasteiger charge is 2.22. The molecule has 0 saturated heterocycles. The van der Waals surface area contributed by atoms with E-state index in [0.29, 0.717) is 26.4 Å². The van der Waals surface area contributed by atoms with Crippen molar-refractivity contribution in [2.24, 2.45) is 0 Å². The SMILES string of the molecule is CCOc1ccc(OCC)c2c(OCC)c3ccccc3c(OCC)c12. The van der Waals surface area contributed by atoms with E-state index in [1.54, 1.807) is 0 Å². The molecule has 0 unspecified atom stereocenters. The zero-order chi connectivity index (χ0) is 18.5. The molecule has 4 heteroatoms. The van der Waals surface area contributed by atoms with Crippen molar-refractivity contribution in [3.05, 3.63) is 36.4 Å². The van der Waals surface area contributed by atoms with Gasteiger partial charge in [-0.2, -0.15) is 0 Å². The van der Waals surface area contributed by atoms with Crippen molar-refractivity contribution in [1.82, 2.24) is 0 Å². The first-order valence-corrected chi connectivity index (χ1v) is 9.29. The van der Waals surface area contributed by atoms with E-state index >= 15 is 0 Å². The van der Waals surface area contributed by atoms with Crippen molar-refractivity contribution < 1.29 is 18.9 Å². The van der Waals surface area contributed by atoms with Gasteiger partial charge in [-0.15, -0.1) is 0 Å². The van der Waals surface area contributed by atoms with E-state index in [-0.39, 0.29) is 0 Å². The Morgan fingerprint density at radius 1 is 0.538 bits per heavy atom. The van der Waals surface area contributed by atoms with E-state index in [9.17, 15) is 0 Å². The van der Waals surface area contributed by atoms with Gasteiger partial charge in [-0.3, -0.25) is 0 Å². The maximum Gasteiger partial charge on any atom is 0.139 e. The summed E-state index contributed by atoms with van der Waals surface area (Å²) in [5.74, 6) is 3.18. The van der Waals surface area contributed by atoms with Crippen LogP contribution in [-0.4, -0.2) is 26.4 Å². The molecule has 0 aliphatic carbocycles. The second-order valence-corrected chi connectivity index (χ2v) is 5.75. The summed E-state index contributed by atoms with van der Waals surface area (Å²) >= 11 is 0. The van der Waals surface area contributed by atoms with E-state index in [2.05, 4.69) is 12.1 Å². The van der Waals surface area contributed by atoms with Crippen LogP contribution in [0.5, 0.6) is 23.0 Å². The van der Waals surface area contributed by atoms with Crippen LogP contribution in [0.3, 0.4) is 0 Å². The lowest BCUT2D eigenvalue weighted by atomic mass is 9.99. The number of fused-ring (bicyclic) bond motifs is 2.